The summed E-state index contributed by atoms with van der Waals surface area (Å²) in [5.41, 5.74) is 4.00. The molecule has 0 radical (unpaired) electrons. The van der Waals surface area contributed by atoms with Crippen LogP contribution in [0.1, 0.15) is 24.5 Å². The summed E-state index contributed by atoms with van der Waals surface area (Å²) in [5, 5.41) is 12.4. The Hall–Kier alpha value is -3.58. The lowest BCUT2D eigenvalue weighted by Gasteiger charge is -2.16. The number of benzene rings is 3. The van der Waals surface area contributed by atoms with Crippen molar-refractivity contribution in [1.29, 1.82) is 0 Å². The normalized spacial score (nSPS) is 11.7. The van der Waals surface area contributed by atoms with Gasteiger partial charge in [0, 0.05) is 12.2 Å². The van der Waals surface area contributed by atoms with Crippen molar-refractivity contribution >= 4 is 17.7 Å². The van der Waals surface area contributed by atoms with Gasteiger partial charge in [-0.25, -0.2) is 0 Å². The second kappa shape index (κ2) is 11.0. The fourth-order valence-electron chi connectivity index (χ4n) is 3.63. The Morgan fingerprint density at radius 3 is 2.41 bits per heavy atom. The third kappa shape index (κ3) is 5.31. The molecule has 7 heteroatoms. The molecule has 1 N–H and O–H groups in total. The molecule has 0 saturated carbocycles. The number of hydrogen-bond acceptors (Lipinski definition) is 5. The molecule has 174 valence electrons. The molecule has 1 atom stereocenters. The molecule has 0 bridgehead atoms. The summed E-state index contributed by atoms with van der Waals surface area (Å²) in [6.07, 6.45) is 0.663. The number of aromatic nitrogens is 3. The summed E-state index contributed by atoms with van der Waals surface area (Å²) >= 11 is 1.42. The molecule has 0 fully saturated rings. The van der Waals surface area contributed by atoms with Crippen LogP contribution in [0.4, 0.5) is 0 Å². The number of methoxy groups -OCH3 is 1. The Labute approximate surface area is 204 Å². The van der Waals surface area contributed by atoms with Crippen molar-refractivity contribution in [3.05, 3.63) is 90.0 Å². The molecule has 0 aliphatic heterocycles. The van der Waals surface area contributed by atoms with Gasteiger partial charge in [0.15, 0.2) is 11.0 Å². The average Bonchev–Trinajstić information content (AvgIpc) is 3.30. The van der Waals surface area contributed by atoms with Crippen molar-refractivity contribution in [2.45, 2.75) is 37.2 Å². The smallest absolute Gasteiger partial charge is 0.233 e. The molecule has 6 nitrogen and oxygen atoms in total. The molecule has 0 aliphatic carbocycles. The van der Waals surface area contributed by atoms with E-state index >= 15 is 0 Å². The molecule has 0 saturated heterocycles. The summed E-state index contributed by atoms with van der Waals surface area (Å²) < 4.78 is 7.58. The van der Waals surface area contributed by atoms with Gasteiger partial charge in [-0.3, -0.25) is 9.36 Å². The van der Waals surface area contributed by atoms with Crippen molar-refractivity contribution < 1.29 is 9.53 Å². The lowest BCUT2D eigenvalue weighted by Crippen LogP contribution is -2.32. The molecule has 1 unspecified atom stereocenters. The molecule has 3 aromatic carbocycles. The molecule has 1 aromatic heterocycles. The second-order valence-electron chi connectivity index (χ2n) is 7.90. The Bertz CT molecular complexity index is 1240. The van der Waals surface area contributed by atoms with E-state index in [1.165, 1.54) is 11.8 Å². The van der Waals surface area contributed by atoms with Gasteiger partial charge >= 0.3 is 0 Å². The number of carbonyl (C=O) groups is 1. The van der Waals surface area contributed by atoms with Gasteiger partial charge in [-0.15, -0.1) is 10.2 Å². The number of thioether (sulfide) groups is 1. The lowest BCUT2D eigenvalue weighted by atomic mass is 10.1. The van der Waals surface area contributed by atoms with Gasteiger partial charge in [-0.1, -0.05) is 78.8 Å². The summed E-state index contributed by atoms with van der Waals surface area (Å²) in [5.74, 6) is 1.37. The summed E-state index contributed by atoms with van der Waals surface area (Å²) in [4.78, 5) is 13.0. The minimum absolute atomic E-state index is 0.0198. The second-order valence-corrected chi connectivity index (χ2v) is 9.07. The maximum absolute atomic E-state index is 13.0. The Morgan fingerprint density at radius 2 is 1.71 bits per heavy atom. The number of ether oxygens (including phenoxy) is 1. The number of carbonyl (C=O) groups excluding carboxylic acids is 1. The van der Waals surface area contributed by atoms with E-state index < -0.39 is 0 Å². The Balaban J connectivity index is 1.66. The van der Waals surface area contributed by atoms with E-state index in [-0.39, 0.29) is 11.2 Å². The largest absolute Gasteiger partial charge is 0.496 e. The molecule has 1 heterocycles. The molecule has 0 aliphatic rings. The van der Waals surface area contributed by atoms with Crippen LogP contribution in [0.5, 0.6) is 5.75 Å². The first-order valence-corrected chi connectivity index (χ1v) is 12.1. The molecule has 1 amide bonds. The van der Waals surface area contributed by atoms with Crippen molar-refractivity contribution in [3.8, 4) is 22.8 Å². The predicted octanol–water partition coefficient (Wildman–Crippen LogP) is 5.44. The number of para-hydroxylation sites is 1. The number of nitrogens with one attached hydrogen (secondary N) is 1. The first-order valence-electron chi connectivity index (χ1n) is 11.2. The molecule has 4 rings (SSSR count). The summed E-state index contributed by atoms with van der Waals surface area (Å²) in [7, 11) is 1.64. The monoisotopic (exact) mass is 472 g/mol. The number of amides is 1. The van der Waals surface area contributed by atoms with Crippen molar-refractivity contribution in [3.63, 3.8) is 0 Å². The first kappa shape index (κ1) is 23.6. The number of nitrogens with zero attached hydrogens (tertiary/aromatic N) is 3. The van der Waals surface area contributed by atoms with E-state index in [1.807, 2.05) is 78.2 Å². The van der Waals surface area contributed by atoms with Crippen molar-refractivity contribution in [2.75, 3.05) is 7.11 Å². The van der Waals surface area contributed by atoms with Gasteiger partial charge in [-0.2, -0.15) is 0 Å². The molecule has 0 spiro atoms. The SMILES string of the molecule is CCC(Sc1nnc(-c2ccccc2OC)n1-c1ccc(C)cc1)C(=O)NCc1ccccc1. The van der Waals surface area contributed by atoms with Crippen LogP contribution in [0, 0.1) is 6.92 Å². The Kier molecular flexibility index (Phi) is 7.65. The lowest BCUT2D eigenvalue weighted by molar-refractivity contribution is -0.120. The quantitative estimate of drug-likeness (QED) is 0.329. The minimum Gasteiger partial charge on any atom is -0.496 e. The van der Waals surface area contributed by atoms with Gasteiger partial charge in [0.2, 0.25) is 5.91 Å². The van der Waals surface area contributed by atoms with Crippen LogP contribution in [0.2, 0.25) is 0 Å². The highest BCUT2D eigenvalue weighted by molar-refractivity contribution is 8.00. The van der Waals surface area contributed by atoms with Crippen LogP contribution in [-0.2, 0) is 11.3 Å². The van der Waals surface area contributed by atoms with Crippen molar-refractivity contribution in [1.82, 2.24) is 20.1 Å². The zero-order valence-electron chi connectivity index (χ0n) is 19.6. The van der Waals surface area contributed by atoms with Crippen molar-refractivity contribution in [2.24, 2.45) is 0 Å². The fourth-order valence-corrected chi connectivity index (χ4v) is 4.62. The molecular weight excluding hydrogens is 444 g/mol. The number of rotatable bonds is 9. The third-order valence-corrected chi connectivity index (χ3v) is 6.80. The zero-order valence-corrected chi connectivity index (χ0v) is 20.4. The van der Waals surface area contributed by atoms with E-state index in [2.05, 4.69) is 34.6 Å². The van der Waals surface area contributed by atoms with Gasteiger partial charge in [0.1, 0.15) is 5.75 Å². The highest BCUT2D eigenvalue weighted by Crippen LogP contribution is 2.35. The number of aryl methyl sites for hydroxylation is 1. The van der Waals surface area contributed by atoms with E-state index in [4.69, 9.17) is 4.74 Å². The summed E-state index contributed by atoms with van der Waals surface area (Å²) in [6, 6.07) is 25.8. The maximum atomic E-state index is 13.0. The van der Waals surface area contributed by atoms with E-state index in [0.717, 1.165) is 22.4 Å². The molecule has 34 heavy (non-hydrogen) atoms. The van der Waals surface area contributed by atoms with Crippen LogP contribution in [-0.4, -0.2) is 33.0 Å². The molecular formula is C27H28N4O2S. The van der Waals surface area contributed by atoms with Crippen LogP contribution in [0.3, 0.4) is 0 Å². The van der Waals surface area contributed by atoms with Crippen LogP contribution >= 0.6 is 11.8 Å². The predicted molar refractivity (Wildman–Crippen MR) is 136 cm³/mol. The van der Waals surface area contributed by atoms with E-state index in [0.29, 0.717) is 29.7 Å². The van der Waals surface area contributed by atoms with Gasteiger partial charge in [-0.05, 0) is 43.2 Å². The Morgan fingerprint density at radius 1 is 1.00 bits per heavy atom. The highest BCUT2D eigenvalue weighted by Gasteiger charge is 2.24. The van der Waals surface area contributed by atoms with Gasteiger partial charge < -0.3 is 10.1 Å². The molecule has 4 aromatic rings. The average molecular weight is 473 g/mol. The summed E-state index contributed by atoms with van der Waals surface area (Å²) in [6.45, 7) is 4.55. The van der Waals surface area contributed by atoms with Gasteiger partial charge in [0.05, 0.1) is 17.9 Å². The first-order chi connectivity index (χ1) is 16.6. The van der Waals surface area contributed by atoms with E-state index in [1.54, 1.807) is 7.11 Å². The third-order valence-electron chi connectivity index (χ3n) is 5.49. The minimum atomic E-state index is -0.303. The van der Waals surface area contributed by atoms with Gasteiger partial charge in [0.25, 0.3) is 0 Å². The number of hydrogen-bond donors (Lipinski definition) is 1. The maximum Gasteiger partial charge on any atom is 0.233 e. The highest BCUT2D eigenvalue weighted by atomic mass is 32.2. The van der Waals surface area contributed by atoms with Crippen LogP contribution in [0.25, 0.3) is 17.1 Å². The topological polar surface area (TPSA) is 69.0 Å². The van der Waals surface area contributed by atoms with Crippen LogP contribution in [0.15, 0.2) is 84.0 Å². The van der Waals surface area contributed by atoms with Crippen LogP contribution < -0.4 is 10.1 Å². The standard InChI is InChI=1S/C27H28N4O2S/c1-4-24(26(32)28-18-20-10-6-5-7-11-20)34-27-30-29-25(22-12-8-9-13-23(22)33-3)31(27)21-16-14-19(2)15-17-21/h5-17,24H,4,18H2,1-3H3,(H,28,32). The zero-order chi connectivity index (χ0) is 23.9. The van der Waals surface area contributed by atoms with E-state index in [9.17, 15) is 4.79 Å². The fraction of sp³-hybridized carbons (Fsp3) is 0.222.